The molecule has 0 amide bonds. The Morgan fingerprint density at radius 1 is 1.36 bits per heavy atom. The summed E-state index contributed by atoms with van der Waals surface area (Å²) < 4.78 is 10.2. The highest BCUT2D eigenvalue weighted by atomic mass is 35.5. The van der Waals surface area contributed by atoms with E-state index in [1.165, 1.54) is 18.2 Å². The molecule has 0 saturated heterocycles. The molecule has 0 unspecified atom stereocenters. The minimum absolute atomic E-state index is 0.0109. The second-order valence-corrected chi connectivity index (χ2v) is 5.29. The molecule has 2 rings (SSSR count). The monoisotopic (exact) mass is 322 g/mol. The summed E-state index contributed by atoms with van der Waals surface area (Å²) in [6.07, 6.45) is 0. The predicted molar refractivity (Wildman–Crippen MR) is 81.6 cm³/mol. The molecule has 22 heavy (non-hydrogen) atoms. The van der Waals surface area contributed by atoms with E-state index in [2.05, 4.69) is 0 Å². The van der Waals surface area contributed by atoms with E-state index >= 15 is 0 Å². The fourth-order valence-corrected chi connectivity index (χ4v) is 2.31. The minimum Gasteiger partial charge on any atom is -0.506 e. The van der Waals surface area contributed by atoms with Gasteiger partial charge in [-0.2, -0.15) is 0 Å². The molecule has 1 N–H and O–H groups in total. The average Bonchev–Trinajstić information content (AvgIpc) is 2.55. The lowest BCUT2D eigenvalue weighted by Crippen LogP contribution is -2.19. The van der Waals surface area contributed by atoms with Gasteiger partial charge in [0, 0.05) is 5.02 Å². The van der Waals surface area contributed by atoms with Crippen molar-refractivity contribution in [3.8, 4) is 5.75 Å². The van der Waals surface area contributed by atoms with Crippen LogP contribution in [0.5, 0.6) is 5.75 Å². The maximum absolute atomic E-state index is 12.3. The zero-order valence-corrected chi connectivity index (χ0v) is 13.2. The summed E-state index contributed by atoms with van der Waals surface area (Å²) in [5.74, 6) is -1.78. The van der Waals surface area contributed by atoms with E-state index in [9.17, 15) is 14.7 Å². The molecular formula is C16H15ClO5. The number of halogens is 1. The molecule has 1 aromatic rings. The summed E-state index contributed by atoms with van der Waals surface area (Å²) in [7, 11) is 0. The summed E-state index contributed by atoms with van der Waals surface area (Å²) in [6, 6.07) is 4.41. The van der Waals surface area contributed by atoms with Crippen molar-refractivity contribution in [3.05, 3.63) is 45.5 Å². The van der Waals surface area contributed by atoms with Crippen molar-refractivity contribution < 1.29 is 24.2 Å². The van der Waals surface area contributed by atoms with E-state index in [1.54, 1.807) is 20.8 Å². The average molecular weight is 323 g/mol. The molecular weight excluding hydrogens is 308 g/mol. The number of hydrogen-bond donors (Lipinski definition) is 1. The van der Waals surface area contributed by atoms with Crippen molar-refractivity contribution in [2.24, 2.45) is 0 Å². The fraction of sp³-hybridized carbons (Fsp3) is 0.250. The zero-order valence-electron chi connectivity index (χ0n) is 12.4. The molecule has 1 heterocycles. The second kappa shape index (κ2) is 6.23. The number of esters is 2. The molecule has 0 radical (unpaired) electrons. The van der Waals surface area contributed by atoms with Gasteiger partial charge in [0.25, 0.3) is 0 Å². The normalized spacial score (nSPS) is 14.2. The number of carbonyl (C=O) groups excluding carboxylic acids is 2. The molecule has 1 aliphatic heterocycles. The molecule has 0 saturated carbocycles. The first-order valence-corrected chi connectivity index (χ1v) is 7.04. The summed E-state index contributed by atoms with van der Waals surface area (Å²) in [4.78, 5) is 24.5. The third-order valence-electron chi connectivity index (χ3n) is 3.07. The van der Waals surface area contributed by atoms with Crippen molar-refractivity contribution >= 4 is 29.3 Å². The van der Waals surface area contributed by atoms with Crippen molar-refractivity contribution in [2.75, 3.05) is 6.61 Å². The van der Waals surface area contributed by atoms with Crippen LogP contribution in [0.1, 0.15) is 26.3 Å². The Morgan fingerprint density at radius 3 is 2.64 bits per heavy atom. The van der Waals surface area contributed by atoms with Crippen LogP contribution in [-0.4, -0.2) is 23.7 Å². The maximum atomic E-state index is 12.3. The summed E-state index contributed by atoms with van der Waals surface area (Å²) in [5.41, 5.74) is 0.467. The molecule has 116 valence electrons. The maximum Gasteiger partial charge on any atom is 0.344 e. The quantitative estimate of drug-likeness (QED) is 0.513. The number of allylic oxidation sites excluding steroid dienone is 1. The van der Waals surface area contributed by atoms with Crippen molar-refractivity contribution in [1.82, 2.24) is 0 Å². The molecule has 5 nitrogen and oxygen atoms in total. The Labute approximate surface area is 132 Å². The second-order valence-electron chi connectivity index (χ2n) is 4.85. The number of fused-ring (bicyclic) bond motifs is 1. The van der Waals surface area contributed by atoms with Crippen molar-refractivity contribution in [3.63, 3.8) is 0 Å². The van der Waals surface area contributed by atoms with E-state index < -0.39 is 17.7 Å². The summed E-state index contributed by atoms with van der Waals surface area (Å²) >= 11 is 5.92. The van der Waals surface area contributed by atoms with Crippen LogP contribution in [0.2, 0.25) is 5.02 Å². The Kier molecular flexibility index (Phi) is 4.56. The predicted octanol–water partition coefficient (Wildman–Crippen LogP) is 3.43. The van der Waals surface area contributed by atoms with Gasteiger partial charge in [-0.05, 0) is 39.0 Å². The number of carbonyl (C=O) groups is 2. The van der Waals surface area contributed by atoms with E-state index in [-0.39, 0.29) is 29.1 Å². The van der Waals surface area contributed by atoms with Gasteiger partial charge in [0.1, 0.15) is 17.1 Å². The van der Waals surface area contributed by atoms with Gasteiger partial charge in [-0.25, -0.2) is 9.59 Å². The van der Waals surface area contributed by atoms with Gasteiger partial charge >= 0.3 is 11.9 Å². The highest BCUT2D eigenvalue weighted by molar-refractivity contribution is 6.31. The standard InChI is InChI=1S/C16H15ClO5/c1-4-21-15(19)13-12(8(2)3)16(20)22-11-6-5-9(17)7-10(11)14(13)18/h5-7,18H,4H2,1-3H3. The van der Waals surface area contributed by atoms with Crippen LogP contribution in [-0.2, 0) is 14.3 Å². The molecule has 0 aliphatic carbocycles. The molecule has 0 atom stereocenters. The summed E-state index contributed by atoms with van der Waals surface area (Å²) in [5, 5.41) is 10.9. The van der Waals surface area contributed by atoms with Gasteiger partial charge in [-0.3, -0.25) is 0 Å². The third-order valence-corrected chi connectivity index (χ3v) is 3.30. The van der Waals surface area contributed by atoms with E-state index in [1.807, 2.05) is 0 Å². The van der Waals surface area contributed by atoms with Gasteiger partial charge < -0.3 is 14.6 Å². The van der Waals surface area contributed by atoms with Crippen LogP contribution in [0.3, 0.4) is 0 Å². The molecule has 6 heteroatoms. The van der Waals surface area contributed by atoms with Crippen LogP contribution < -0.4 is 4.74 Å². The van der Waals surface area contributed by atoms with Gasteiger partial charge in [-0.15, -0.1) is 0 Å². The van der Waals surface area contributed by atoms with Crippen LogP contribution in [0.4, 0.5) is 0 Å². The van der Waals surface area contributed by atoms with Gasteiger partial charge in [-0.1, -0.05) is 17.2 Å². The number of aliphatic hydroxyl groups is 1. The largest absolute Gasteiger partial charge is 0.506 e. The SMILES string of the molecule is CCOC(=O)C1=C(O)c2cc(Cl)ccc2OC(=O)C1=C(C)C. The molecule has 0 aromatic heterocycles. The van der Waals surface area contributed by atoms with Crippen LogP contribution in [0.15, 0.2) is 34.9 Å². The molecule has 1 aliphatic rings. The van der Waals surface area contributed by atoms with Crippen LogP contribution >= 0.6 is 11.6 Å². The third kappa shape index (κ3) is 2.85. The lowest BCUT2D eigenvalue weighted by Gasteiger charge is -2.10. The zero-order chi connectivity index (χ0) is 16.4. The van der Waals surface area contributed by atoms with Gasteiger partial charge in [0.05, 0.1) is 17.7 Å². The Hall–Kier alpha value is -2.27. The fourth-order valence-electron chi connectivity index (χ4n) is 2.14. The molecule has 0 fully saturated rings. The molecule has 0 bridgehead atoms. The van der Waals surface area contributed by atoms with E-state index in [4.69, 9.17) is 21.1 Å². The number of hydrogen-bond acceptors (Lipinski definition) is 5. The van der Waals surface area contributed by atoms with Gasteiger partial charge in [0.2, 0.25) is 0 Å². The lowest BCUT2D eigenvalue weighted by molar-refractivity contribution is -0.139. The van der Waals surface area contributed by atoms with Crippen LogP contribution in [0, 0.1) is 0 Å². The lowest BCUT2D eigenvalue weighted by atomic mass is 9.98. The molecule has 0 spiro atoms. The first-order chi connectivity index (χ1) is 10.4. The van der Waals surface area contributed by atoms with Crippen LogP contribution in [0.25, 0.3) is 5.76 Å². The number of aliphatic hydroxyl groups excluding tert-OH is 1. The minimum atomic E-state index is -0.791. The van der Waals surface area contributed by atoms with Gasteiger partial charge in [0.15, 0.2) is 0 Å². The number of rotatable bonds is 2. The Bertz CT molecular complexity index is 711. The first kappa shape index (κ1) is 16.1. The smallest absolute Gasteiger partial charge is 0.344 e. The van der Waals surface area contributed by atoms with Crippen molar-refractivity contribution in [1.29, 1.82) is 0 Å². The van der Waals surface area contributed by atoms with E-state index in [0.717, 1.165) is 0 Å². The first-order valence-electron chi connectivity index (χ1n) is 6.67. The van der Waals surface area contributed by atoms with Crippen molar-refractivity contribution in [2.45, 2.75) is 20.8 Å². The Balaban J connectivity index is 2.78. The Morgan fingerprint density at radius 2 is 2.05 bits per heavy atom. The molecule has 1 aromatic carbocycles. The highest BCUT2D eigenvalue weighted by Gasteiger charge is 2.33. The topological polar surface area (TPSA) is 72.8 Å². The van der Waals surface area contributed by atoms with E-state index in [0.29, 0.717) is 10.6 Å². The highest BCUT2D eigenvalue weighted by Crippen LogP contribution is 2.36. The number of ether oxygens (including phenoxy) is 2. The summed E-state index contributed by atoms with van der Waals surface area (Å²) in [6.45, 7) is 5.04. The number of benzene rings is 1.